The molecule has 0 spiro atoms. The van der Waals surface area contributed by atoms with E-state index in [2.05, 4.69) is 4.98 Å². The van der Waals surface area contributed by atoms with Crippen LogP contribution >= 0.6 is 0 Å². The van der Waals surface area contributed by atoms with Crippen molar-refractivity contribution in [2.24, 2.45) is 0 Å². The van der Waals surface area contributed by atoms with Crippen LogP contribution < -0.4 is 0 Å². The van der Waals surface area contributed by atoms with Crippen molar-refractivity contribution in [1.29, 1.82) is 0 Å². The second-order valence-corrected chi connectivity index (χ2v) is 3.74. The third kappa shape index (κ3) is 4.62. The van der Waals surface area contributed by atoms with Crippen LogP contribution in [-0.2, 0) is 11.3 Å². The van der Waals surface area contributed by atoms with Crippen molar-refractivity contribution in [2.75, 3.05) is 0 Å². The number of carbonyl (C=O) groups is 1. The quantitative estimate of drug-likeness (QED) is 0.425. The summed E-state index contributed by atoms with van der Waals surface area (Å²) in [5.41, 5.74) is 0. The normalized spacial score (nSPS) is 10.4. The van der Waals surface area contributed by atoms with Crippen LogP contribution in [0.2, 0.25) is 0 Å². The lowest BCUT2D eigenvalue weighted by Gasteiger charge is -2.01. The van der Waals surface area contributed by atoms with Gasteiger partial charge in [0.25, 0.3) is 0 Å². The molecule has 1 aromatic heterocycles. The van der Waals surface area contributed by atoms with Gasteiger partial charge in [-0.1, -0.05) is 17.8 Å². The fraction of sp³-hybridized carbons (Fsp3) is 0.600. The Balaban J connectivity index is 2.20. The van der Waals surface area contributed by atoms with Crippen LogP contribution in [0.5, 0.6) is 0 Å². The fourth-order valence-corrected chi connectivity index (χ4v) is 1.56. The summed E-state index contributed by atoms with van der Waals surface area (Å²) in [4.78, 5) is 23.9. The minimum absolute atomic E-state index is 0.143. The minimum Gasteiger partial charge on any atom is -0.481 e. The molecule has 0 aliphatic rings. The highest BCUT2D eigenvalue weighted by Crippen LogP contribution is 2.10. The summed E-state index contributed by atoms with van der Waals surface area (Å²) in [6, 6.07) is 0. The Bertz CT molecular complexity index is 389. The minimum atomic E-state index is -0.782. The third-order valence-corrected chi connectivity index (χ3v) is 2.40. The van der Waals surface area contributed by atoms with E-state index < -0.39 is 10.9 Å². The van der Waals surface area contributed by atoms with Crippen LogP contribution in [-0.4, -0.2) is 25.6 Å². The molecule has 7 heteroatoms. The summed E-state index contributed by atoms with van der Waals surface area (Å²) in [6.07, 6.45) is 6.30. The number of carboxylic acids is 1. The van der Waals surface area contributed by atoms with Crippen molar-refractivity contribution in [1.82, 2.24) is 9.55 Å². The molecule has 0 aliphatic carbocycles. The van der Waals surface area contributed by atoms with Crippen molar-refractivity contribution in [3.05, 3.63) is 22.5 Å². The zero-order valence-corrected chi connectivity index (χ0v) is 9.41. The van der Waals surface area contributed by atoms with Gasteiger partial charge in [-0.25, -0.2) is 4.57 Å². The molecular weight excluding hydrogens is 226 g/mol. The summed E-state index contributed by atoms with van der Waals surface area (Å²) in [7, 11) is 0. The first-order chi connectivity index (χ1) is 8.11. The lowest BCUT2D eigenvalue weighted by Crippen LogP contribution is -2.03. The number of aliphatic carboxylic acids is 1. The summed E-state index contributed by atoms with van der Waals surface area (Å²) < 4.78 is 1.50. The zero-order valence-electron chi connectivity index (χ0n) is 9.41. The molecule has 17 heavy (non-hydrogen) atoms. The number of rotatable bonds is 8. The molecule has 0 atom stereocenters. The van der Waals surface area contributed by atoms with Crippen LogP contribution in [0.4, 0.5) is 5.95 Å². The van der Waals surface area contributed by atoms with E-state index in [0.29, 0.717) is 13.0 Å². The standard InChI is InChI=1S/C10H15N3O4/c14-9(15)5-3-1-2-4-7-12-8-6-11-10(12)13(16)17/h6,8H,1-5,7H2,(H,14,15). The van der Waals surface area contributed by atoms with Gasteiger partial charge in [0.2, 0.25) is 0 Å². The molecular formula is C10H15N3O4. The van der Waals surface area contributed by atoms with Crippen LogP contribution in [0, 0.1) is 10.1 Å². The molecule has 0 fully saturated rings. The fourth-order valence-electron chi connectivity index (χ4n) is 1.56. The number of hydrogen-bond acceptors (Lipinski definition) is 4. The average Bonchev–Trinajstić information content (AvgIpc) is 2.71. The Kier molecular flexibility index (Phi) is 5.12. The van der Waals surface area contributed by atoms with Crippen LogP contribution in [0.25, 0.3) is 0 Å². The predicted molar refractivity (Wildman–Crippen MR) is 59.6 cm³/mol. The average molecular weight is 241 g/mol. The smallest absolute Gasteiger partial charge is 0.434 e. The Hall–Kier alpha value is -1.92. The van der Waals surface area contributed by atoms with Crippen LogP contribution in [0.15, 0.2) is 12.4 Å². The van der Waals surface area contributed by atoms with E-state index in [9.17, 15) is 14.9 Å². The van der Waals surface area contributed by atoms with Gasteiger partial charge >= 0.3 is 11.9 Å². The van der Waals surface area contributed by atoms with E-state index in [1.807, 2.05) is 0 Å². The molecule has 1 heterocycles. The van der Waals surface area contributed by atoms with Gasteiger partial charge in [0, 0.05) is 6.42 Å². The molecule has 0 saturated heterocycles. The Morgan fingerprint density at radius 1 is 1.41 bits per heavy atom. The molecule has 1 N–H and O–H groups in total. The van der Waals surface area contributed by atoms with Gasteiger partial charge in [0.15, 0.2) is 0 Å². The third-order valence-electron chi connectivity index (χ3n) is 2.40. The first-order valence-corrected chi connectivity index (χ1v) is 5.48. The molecule has 1 aromatic rings. The predicted octanol–water partition coefficient (Wildman–Crippen LogP) is 1.83. The van der Waals surface area contributed by atoms with Crippen LogP contribution in [0.3, 0.4) is 0 Å². The van der Waals surface area contributed by atoms with E-state index in [0.717, 1.165) is 19.3 Å². The molecule has 1 rings (SSSR count). The monoisotopic (exact) mass is 241 g/mol. The molecule has 0 radical (unpaired) electrons. The van der Waals surface area contributed by atoms with Crippen molar-refractivity contribution in [3.63, 3.8) is 0 Å². The number of aromatic nitrogens is 2. The molecule has 0 aliphatic heterocycles. The molecule has 7 nitrogen and oxygen atoms in total. The highest BCUT2D eigenvalue weighted by Gasteiger charge is 2.12. The lowest BCUT2D eigenvalue weighted by molar-refractivity contribution is -0.396. The number of carboxylic acid groups (broad SMARTS) is 1. The first kappa shape index (κ1) is 13.1. The van der Waals surface area contributed by atoms with Gasteiger partial charge < -0.3 is 15.2 Å². The van der Waals surface area contributed by atoms with Gasteiger partial charge in [0.1, 0.15) is 12.4 Å². The molecule has 0 unspecified atom stereocenters. The van der Waals surface area contributed by atoms with E-state index in [4.69, 9.17) is 5.11 Å². The highest BCUT2D eigenvalue weighted by molar-refractivity contribution is 5.66. The summed E-state index contributed by atoms with van der Waals surface area (Å²) in [5.74, 6) is -0.925. The van der Waals surface area contributed by atoms with Crippen LogP contribution in [0.1, 0.15) is 32.1 Å². The van der Waals surface area contributed by atoms with E-state index >= 15 is 0 Å². The molecule has 0 amide bonds. The number of nitrogens with zero attached hydrogens (tertiary/aromatic N) is 3. The van der Waals surface area contributed by atoms with Gasteiger partial charge in [0.05, 0.1) is 6.54 Å². The van der Waals surface area contributed by atoms with Gasteiger partial charge in [-0.15, -0.1) is 0 Å². The molecule has 0 aromatic carbocycles. The maximum Gasteiger partial charge on any atom is 0.434 e. The largest absolute Gasteiger partial charge is 0.481 e. The number of unbranched alkanes of at least 4 members (excludes halogenated alkanes) is 3. The maximum absolute atomic E-state index is 10.5. The number of nitro groups is 1. The topological polar surface area (TPSA) is 98.3 Å². The second-order valence-electron chi connectivity index (χ2n) is 3.74. The first-order valence-electron chi connectivity index (χ1n) is 5.48. The van der Waals surface area contributed by atoms with Crippen molar-refractivity contribution in [3.8, 4) is 0 Å². The Labute approximate surface area is 98.2 Å². The molecule has 94 valence electrons. The lowest BCUT2D eigenvalue weighted by atomic mass is 10.1. The van der Waals surface area contributed by atoms with E-state index in [-0.39, 0.29) is 12.4 Å². The molecule has 0 saturated carbocycles. The number of imidazole rings is 1. The Morgan fingerprint density at radius 2 is 2.12 bits per heavy atom. The van der Waals surface area contributed by atoms with Gasteiger partial charge in [-0.3, -0.25) is 4.79 Å². The summed E-state index contributed by atoms with van der Waals surface area (Å²) in [6.45, 7) is 0.545. The van der Waals surface area contributed by atoms with E-state index in [1.165, 1.54) is 10.8 Å². The summed E-state index contributed by atoms with van der Waals surface area (Å²) >= 11 is 0. The van der Waals surface area contributed by atoms with Gasteiger partial charge in [-0.2, -0.15) is 0 Å². The summed E-state index contributed by atoms with van der Waals surface area (Å²) in [5, 5.41) is 19.0. The number of aryl methyl sites for hydroxylation is 1. The van der Waals surface area contributed by atoms with Crippen molar-refractivity contribution in [2.45, 2.75) is 38.6 Å². The van der Waals surface area contributed by atoms with Crippen molar-refractivity contribution < 1.29 is 14.8 Å². The van der Waals surface area contributed by atoms with Gasteiger partial charge in [-0.05, 0) is 17.8 Å². The Morgan fingerprint density at radius 3 is 2.76 bits per heavy atom. The molecule has 0 bridgehead atoms. The zero-order chi connectivity index (χ0) is 12.7. The maximum atomic E-state index is 10.5. The number of hydrogen-bond donors (Lipinski definition) is 1. The second kappa shape index (κ2) is 6.62. The van der Waals surface area contributed by atoms with E-state index in [1.54, 1.807) is 6.20 Å². The SMILES string of the molecule is O=C(O)CCCCCCn1ccnc1[N+](=O)[O-]. The highest BCUT2D eigenvalue weighted by atomic mass is 16.6. The van der Waals surface area contributed by atoms with Crippen molar-refractivity contribution >= 4 is 11.9 Å².